The first-order chi connectivity index (χ1) is 13.3. The summed E-state index contributed by atoms with van der Waals surface area (Å²) in [6.07, 6.45) is 1.44. The Kier molecular flexibility index (Phi) is 7.19. The normalized spacial score (nSPS) is 12.1. The SMILES string of the molecule is C=CCNS(=O)(=O)c1cccc(C(=O)N[C@H](C)c2cc(OC)ccc2OC)c1. The first-order valence-corrected chi connectivity index (χ1v) is 10.0. The second-order valence-corrected chi connectivity index (χ2v) is 7.74. The summed E-state index contributed by atoms with van der Waals surface area (Å²) in [5.41, 5.74) is 0.974. The number of methoxy groups -OCH3 is 2. The van der Waals surface area contributed by atoms with Gasteiger partial charge in [-0.3, -0.25) is 4.79 Å². The van der Waals surface area contributed by atoms with Gasteiger partial charge in [-0.2, -0.15) is 0 Å². The minimum atomic E-state index is -3.72. The molecule has 1 atom stereocenters. The average molecular weight is 404 g/mol. The molecular formula is C20H24N2O5S. The molecule has 0 fully saturated rings. The summed E-state index contributed by atoms with van der Waals surface area (Å²) in [4.78, 5) is 12.7. The number of ether oxygens (including phenoxy) is 2. The van der Waals surface area contributed by atoms with Crippen LogP contribution < -0.4 is 19.5 Å². The van der Waals surface area contributed by atoms with E-state index in [0.29, 0.717) is 11.5 Å². The van der Waals surface area contributed by atoms with Crippen molar-refractivity contribution in [3.63, 3.8) is 0 Å². The molecule has 0 aliphatic rings. The van der Waals surface area contributed by atoms with Crippen LogP contribution in [0.4, 0.5) is 0 Å². The smallest absolute Gasteiger partial charge is 0.251 e. The third-order valence-electron chi connectivity index (χ3n) is 4.08. The van der Waals surface area contributed by atoms with Crippen molar-refractivity contribution in [3.8, 4) is 11.5 Å². The van der Waals surface area contributed by atoms with E-state index in [4.69, 9.17) is 9.47 Å². The van der Waals surface area contributed by atoms with Gasteiger partial charge in [0.2, 0.25) is 10.0 Å². The van der Waals surface area contributed by atoms with E-state index in [9.17, 15) is 13.2 Å². The Balaban J connectivity index is 2.24. The monoisotopic (exact) mass is 404 g/mol. The summed E-state index contributed by atoms with van der Waals surface area (Å²) >= 11 is 0. The van der Waals surface area contributed by atoms with E-state index < -0.39 is 22.0 Å². The molecule has 0 unspecified atom stereocenters. The first-order valence-electron chi connectivity index (χ1n) is 8.55. The van der Waals surface area contributed by atoms with E-state index >= 15 is 0 Å². The zero-order valence-corrected chi connectivity index (χ0v) is 16.9. The fourth-order valence-electron chi connectivity index (χ4n) is 2.59. The summed E-state index contributed by atoms with van der Waals surface area (Å²) in [5, 5.41) is 2.85. The predicted molar refractivity (Wildman–Crippen MR) is 107 cm³/mol. The van der Waals surface area contributed by atoms with Gasteiger partial charge in [-0.25, -0.2) is 13.1 Å². The molecule has 2 rings (SSSR count). The second-order valence-electron chi connectivity index (χ2n) is 5.97. The van der Waals surface area contributed by atoms with Crippen LogP contribution in [0, 0.1) is 0 Å². The number of amides is 1. The van der Waals surface area contributed by atoms with Crippen LogP contribution >= 0.6 is 0 Å². The zero-order chi connectivity index (χ0) is 20.7. The van der Waals surface area contributed by atoms with Gasteiger partial charge in [-0.15, -0.1) is 6.58 Å². The molecule has 0 aromatic heterocycles. The highest BCUT2D eigenvalue weighted by Gasteiger charge is 2.19. The summed E-state index contributed by atoms with van der Waals surface area (Å²) in [7, 11) is -0.614. The second kappa shape index (κ2) is 9.38. The summed E-state index contributed by atoms with van der Waals surface area (Å²) < 4.78 is 37.4. The zero-order valence-electron chi connectivity index (χ0n) is 16.1. The van der Waals surface area contributed by atoms with Crippen molar-refractivity contribution in [2.45, 2.75) is 17.9 Å². The molecule has 0 radical (unpaired) electrons. The van der Waals surface area contributed by atoms with Gasteiger partial charge >= 0.3 is 0 Å². The number of hydrogen-bond acceptors (Lipinski definition) is 5. The topological polar surface area (TPSA) is 93.7 Å². The third kappa shape index (κ3) is 5.11. The number of sulfonamides is 1. The molecule has 0 aliphatic heterocycles. The molecule has 0 spiro atoms. The lowest BCUT2D eigenvalue weighted by Crippen LogP contribution is -2.28. The highest BCUT2D eigenvalue weighted by molar-refractivity contribution is 7.89. The molecule has 0 bridgehead atoms. The van der Waals surface area contributed by atoms with Crippen LogP contribution in [0.2, 0.25) is 0 Å². The van der Waals surface area contributed by atoms with Crippen molar-refractivity contribution < 1.29 is 22.7 Å². The van der Waals surface area contributed by atoms with Gasteiger partial charge in [0.1, 0.15) is 11.5 Å². The minimum Gasteiger partial charge on any atom is -0.497 e. The van der Waals surface area contributed by atoms with Gasteiger partial charge in [0.05, 0.1) is 25.2 Å². The molecular weight excluding hydrogens is 380 g/mol. The maximum atomic E-state index is 12.7. The molecule has 0 saturated heterocycles. The van der Waals surface area contributed by atoms with E-state index in [0.717, 1.165) is 5.56 Å². The van der Waals surface area contributed by atoms with Crippen molar-refractivity contribution in [2.75, 3.05) is 20.8 Å². The highest BCUT2D eigenvalue weighted by atomic mass is 32.2. The molecule has 150 valence electrons. The van der Waals surface area contributed by atoms with Crippen LogP contribution in [-0.4, -0.2) is 35.1 Å². The van der Waals surface area contributed by atoms with Crippen molar-refractivity contribution in [2.24, 2.45) is 0 Å². The van der Waals surface area contributed by atoms with Crippen LogP contribution in [0.15, 0.2) is 60.0 Å². The Morgan fingerprint density at radius 3 is 2.57 bits per heavy atom. The van der Waals surface area contributed by atoms with Crippen molar-refractivity contribution in [3.05, 3.63) is 66.2 Å². The lowest BCUT2D eigenvalue weighted by atomic mass is 10.1. The van der Waals surface area contributed by atoms with E-state index in [2.05, 4.69) is 16.6 Å². The fraction of sp³-hybridized carbons (Fsp3) is 0.250. The van der Waals surface area contributed by atoms with Gasteiger partial charge in [-0.1, -0.05) is 12.1 Å². The fourth-order valence-corrected chi connectivity index (χ4v) is 3.64. The standard InChI is InChI=1S/C20H24N2O5S/c1-5-11-21-28(24,25)17-8-6-7-15(12-17)20(23)22-14(2)18-13-16(26-3)9-10-19(18)27-4/h5-10,12-14,21H,1,11H2,2-4H3,(H,22,23)/t14-/m1/s1. The summed E-state index contributed by atoms with van der Waals surface area (Å²) in [5.74, 6) is 0.843. The molecule has 8 heteroatoms. The van der Waals surface area contributed by atoms with Crippen LogP contribution in [0.1, 0.15) is 28.9 Å². The van der Waals surface area contributed by atoms with Gasteiger partial charge in [0, 0.05) is 17.7 Å². The van der Waals surface area contributed by atoms with Gasteiger partial charge < -0.3 is 14.8 Å². The number of rotatable bonds is 9. The number of carbonyl (C=O) groups is 1. The van der Waals surface area contributed by atoms with Gasteiger partial charge in [0.15, 0.2) is 0 Å². The molecule has 2 aromatic carbocycles. The van der Waals surface area contributed by atoms with Crippen LogP contribution in [0.25, 0.3) is 0 Å². The summed E-state index contributed by atoms with van der Waals surface area (Å²) in [6.45, 7) is 5.39. The van der Waals surface area contributed by atoms with E-state index in [-0.39, 0.29) is 17.0 Å². The number of carbonyl (C=O) groups excluding carboxylic acids is 1. The first kappa shape index (κ1) is 21.5. The van der Waals surface area contributed by atoms with Crippen molar-refractivity contribution in [1.29, 1.82) is 0 Å². The Labute approximate surface area is 165 Å². The number of nitrogens with one attached hydrogen (secondary N) is 2. The van der Waals surface area contributed by atoms with Gasteiger partial charge in [0.25, 0.3) is 5.91 Å². The Hall–Kier alpha value is -2.84. The summed E-state index contributed by atoms with van der Waals surface area (Å²) in [6, 6.07) is 10.7. The highest BCUT2D eigenvalue weighted by Crippen LogP contribution is 2.29. The molecule has 7 nitrogen and oxygen atoms in total. The van der Waals surface area contributed by atoms with Crippen LogP contribution in [0.3, 0.4) is 0 Å². The van der Waals surface area contributed by atoms with Crippen molar-refractivity contribution in [1.82, 2.24) is 10.0 Å². The van der Waals surface area contributed by atoms with Crippen LogP contribution in [-0.2, 0) is 10.0 Å². The Bertz CT molecular complexity index is 957. The maximum absolute atomic E-state index is 12.7. The van der Waals surface area contributed by atoms with E-state index in [1.165, 1.54) is 24.3 Å². The quantitative estimate of drug-likeness (QED) is 0.627. The van der Waals surface area contributed by atoms with Crippen LogP contribution in [0.5, 0.6) is 11.5 Å². The van der Waals surface area contributed by atoms with Gasteiger partial charge in [-0.05, 0) is 43.3 Å². The lowest BCUT2D eigenvalue weighted by Gasteiger charge is -2.18. The predicted octanol–water partition coefficient (Wildman–Crippen LogP) is 2.66. The molecule has 0 heterocycles. The number of hydrogen-bond donors (Lipinski definition) is 2. The Morgan fingerprint density at radius 2 is 1.93 bits per heavy atom. The maximum Gasteiger partial charge on any atom is 0.251 e. The molecule has 0 aliphatic carbocycles. The van der Waals surface area contributed by atoms with Crippen molar-refractivity contribution >= 4 is 15.9 Å². The average Bonchev–Trinajstić information content (AvgIpc) is 2.71. The largest absolute Gasteiger partial charge is 0.497 e. The lowest BCUT2D eigenvalue weighted by molar-refractivity contribution is 0.0939. The molecule has 28 heavy (non-hydrogen) atoms. The third-order valence-corrected chi connectivity index (χ3v) is 5.50. The van der Waals surface area contributed by atoms with E-state index in [1.807, 2.05) is 0 Å². The minimum absolute atomic E-state index is 0.00798. The molecule has 1 amide bonds. The molecule has 0 saturated carbocycles. The molecule has 2 aromatic rings. The van der Waals surface area contributed by atoms with E-state index in [1.54, 1.807) is 45.4 Å². The Morgan fingerprint density at radius 1 is 1.18 bits per heavy atom. The molecule has 2 N–H and O–H groups in total. The number of benzene rings is 2.